The highest BCUT2D eigenvalue weighted by Crippen LogP contribution is 2.75. The smallest absolute Gasteiger partial charge is 0.0725 e. The second-order valence-electron chi connectivity index (χ2n) is 16.3. The molecule has 3 nitrogen and oxygen atoms in total. The molecule has 0 bridgehead atoms. The molecule has 8 aromatic carbocycles. The first kappa shape index (κ1) is 31.1. The van der Waals surface area contributed by atoms with Crippen LogP contribution in [0, 0.1) is 5.92 Å². The van der Waals surface area contributed by atoms with Gasteiger partial charge in [0.25, 0.3) is 0 Å². The molecule has 0 unspecified atom stereocenters. The van der Waals surface area contributed by atoms with Crippen LogP contribution in [0.5, 0.6) is 0 Å². The van der Waals surface area contributed by atoms with Gasteiger partial charge in [-0.3, -0.25) is 9.97 Å². The molecule has 0 spiro atoms. The molecule has 11 aromatic rings. The molecule has 3 aromatic heterocycles. The Labute approximate surface area is 329 Å². The summed E-state index contributed by atoms with van der Waals surface area (Å²) < 4.78 is 2.35. The average molecular weight is 726 g/mol. The molecule has 0 amide bonds. The Morgan fingerprint density at radius 2 is 1.05 bits per heavy atom. The largest absolute Gasteiger partial charge is 0.306 e. The van der Waals surface area contributed by atoms with E-state index in [9.17, 15) is 0 Å². The Hall–Kier alpha value is -7.10. The van der Waals surface area contributed by atoms with E-state index in [0.29, 0.717) is 5.41 Å². The van der Waals surface area contributed by atoms with Crippen LogP contribution in [0.3, 0.4) is 0 Å². The van der Waals surface area contributed by atoms with Gasteiger partial charge in [-0.15, -0.1) is 0 Å². The van der Waals surface area contributed by atoms with E-state index in [1.165, 1.54) is 100 Å². The minimum atomic E-state index is 0.457. The lowest BCUT2D eigenvalue weighted by atomic mass is 9.84. The monoisotopic (exact) mass is 725 g/mol. The van der Waals surface area contributed by atoms with Gasteiger partial charge in [0.15, 0.2) is 0 Å². The van der Waals surface area contributed by atoms with Crippen LogP contribution in [0.15, 0.2) is 183 Å². The summed E-state index contributed by atoms with van der Waals surface area (Å²) in [5, 5.41) is 12.4. The van der Waals surface area contributed by atoms with Crippen LogP contribution in [-0.2, 0) is 5.41 Å². The third-order valence-corrected chi connectivity index (χ3v) is 13.2. The second-order valence-corrected chi connectivity index (χ2v) is 16.3. The van der Waals surface area contributed by atoms with Gasteiger partial charge in [-0.2, -0.15) is 0 Å². The third kappa shape index (κ3) is 4.60. The first-order valence-electron chi connectivity index (χ1n) is 20.0. The zero-order valence-electron chi connectivity index (χ0n) is 31.2. The van der Waals surface area contributed by atoms with Gasteiger partial charge in [0, 0.05) is 28.7 Å². The average Bonchev–Trinajstić information content (AvgIpc) is 4.15. The number of pyridine rings is 2. The Morgan fingerprint density at radius 3 is 1.75 bits per heavy atom. The van der Waals surface area contributed by atoms with Crippen molar-refractivity contribution in [1.29, 1.82) is 0 Å². The minimum Gasteiger partial charge on any atom is -0.306 e. The summed E-state index contributed by atoms with van der Waals surface area (Å²) in [6.45, 7) is 0. The van der Waals surface area contributed by atoms with E-state index in [2.05, 4.69) is 167 Å². The summed E-state index contributed by atoms with van der Waals surface area (Å²) >= 11 is 0. The molecule has 57 heavy (non-hydrogen) atoms. The fourth-order valence-electron chi connectivity index (χ4n) is 10.0. The molecular weight excluding hydrogens is 691 g/mol. The van der Waals surface area contributed by atoms with E-state index >= 15 is 0 Å². The summed E-state index contributed by atoms with van der Waals surface area (Å²) in [5.74, 6) is 0.899. The van der Waals surface area contributed by atoms with Gasteiger partial charge in [-0.1, -0.05) is 115 Å². The van der Waals surface area contributed by atoms with Crippen LogP contribution in [-0.4, -0.2) is 14.5 Å². The van der Waals surface area contributed by atoms with Gasteiger partial charge in [-0.05, 0) is 143 Å². The first-order valence-corrected chi connectivity index (χ1v) is 20.0. The molecule has 0 radical (unpaired) electrons. The van der Waals surface area contributed by atoms with Crippen LogP contribution in [0.2, 0.25) is 0 Å². The maximum atomic E-state index is 4.90. The van der Waals surface area contributed by atoms with Crippen molar-refractivity contribution in [2.24, 2.45) is 5.92 Å². The van der Waals surface area contributed by atoms with Crippen LogP contribution in [0.1, 0.15) is 18.4 Å². The van der Waals surface area contributed by atoms with Crippen molar-refractivity contribution in [3.05, 3.63) is 188 Å². The van der Waals surface area contributed by atoms with Gasteiger partial charge in [-0.25, -0.2) is 0 Å². The normalized spacial score (nSPS) is 17.2. The number of hydrogen-bond acceptors (Lipinski definition) is 2. The number of nitrogens with zero attached hydrogens (tertiary/aromatic N) is 3. The maximum absolute atomic E-state index is 4.90. The van der Waals surface area contributed by atoms with E-state index in [1.54, 1.807) is 0 Å². The zero-order valence-corrected chi connectivity index (χ0v) is 31.2. The summed E-state index contributed by atoms with van der Waals surface area (Å²) in [5.41, 5.74) is 12.4. The maximum Gasteiger partial charge on any atom is 0.0725 e. The Kier molecular flexibility index (Phi) is 6.27. The van der Waals surface area contributed by atoms with Gasteiger partial charge in [0.2, 0.25) is 0 Å². The number of benzene rings is 8. The van der Waals surface area contributed by atoms with Crippen molar-refractivity contribution in [1.82, 2.24) is 14.5 Å². The molecule has 0 atom stereocenters. The molecular formula is C54H35N3. The topological polar surface area (TPSA) is 30.7 Å². The molecule has 0 N–H and O–H groups in total. The van der Waals surface area contributed by atoms with E-state index in [0.717, 1.165) is 28.2 Å². The molecule has 2 aliphatic carbocycles. The highest BCUT2D eigenvalue weighted by Gasteiger charge is 2.70. The van der Waals surface area contributed by atoms with Crippen LogP contribution < -0.4 is 0 Å². The standard InChI is InChI=1S/C54H35N3/c1-3-9-35-23-38(15-13-33(35)7-1)52-45-11-5-6-12-46(45)53(39-16-14-34-8-2-4-10-36(34)24-39)49-26-37(17-19-47(49)52)40-25-43(31-56-30-40)57-50-20-18-41(54-28-42(54)29-54)27-48(50)44-21-22-55-32-51(44)57/h1-27,30-32,42H,28-29H2. The number of fused-ring (bicyclic) bond motifs is 8. The quantitative estimate of drug-likeness (QED) is 0.165. The molecule has 0 saturated heterocycles. The number of hydrogen-bond donors (Lipinski definition) is 0. The highest BCUT2D eigenvalue weighted by molar-refractivity contribution is 6.22. The van der Waals surface area contributed by atoms with Crippen molar-refractivity contribution in [3.8, 4) is 39.1 Å². The SMILES string of the molecule is c1ccc2cc(-c3c4ccccc4c(-c4ccc5ccccc5c4)c4cc(-c5cncc(-n6c7ccc(C89CC8C9)cc7c7ccncc76)c5)ccc34)ccc2c1. The van der Waals surface area contributed by atoms with Crippen molar-refractivity contribution in [3.63, 3.8) is 0 Å². The molecule has 3 heterocycles. The Morgan fingerprint density at radius 1 is 0.421 bits per heavy atom. The van der Waals surface area contributed by atoms with E-state index < -0.39 is 0 Å². The molecule has 266 valence electrons. The summed E-state index contributed by atoms with van der Waals surface area (Å²) in [6, 6.07) is 58.7. The van der Waals surface area contributed by atoms with Crippen molar-refractivity contribution < 1.29 is 0 Å². The molecule has 13 rings (SSSR count). The fraction of sp³-hybridized carbons (Fsp3) is 0.0741. The Bertz CT molecular complexity index is 3490. The number of rotatable bonds is 5. The lowest BCUT2D eigenvalue weighted by Crippen LogP contribution is -1.97. The van der Waals surface area contributed by atoms with Gasteiger partial charge in [0.05, 0.1) is 29.1 Å². The highest BCUT2D eigenvalue weighted by atomic mass is 15.0. The molecule has 2 aliphatic rings. The predicted molar refractivity (Wildman–Crippen MR) is 237 cm³/mol. The molecule has 2 saturated carbocycles. The van der Waals surface area contributed by atoms with Gasteiger partial charge in [0.1, 0.15) is 0 Å². The van der Waals surface area contributed by atoms with Crippen LogP contribution >= 0.6 is 0 Å². The molecule has 0 aliphatic heterocycles. The number of aromatic nitrogens is 3. The fourth-order valence-corrected chi connectivity index (χ4v) is 10.0. The van der Waals surface area contributed by atoms with Crippen molar-refractivity contribution in [2.75, 3.05) is 0 Å². The summed E-state index contributed by atoms with van der Waals surface area (Å²) in [7, 11) is 0. The molecule has 3 heteroatoms. The lowest BCUT2D eigenvalue weighted by Gasteiger charge is -2.19. The Balaban J connectivity index is 1.05. The van der Waals surface area contributed by atoms with E-state index in [4.69, 9.17) is 4.98 Å². The van der Waals surface area contributed by atoms with E-state index in [-0.39, 0.29) is 0 Å². The van der Waals surface area contributed by atoms with Crippen LogP contribution in [0.4, 0.5) is 0 Å². The van der Waals surface area contributed by atoms with Gasteiger partial charge >= 0.3 is 0 Å². The predicted octanol–water partition coefficient (Wildman–Crippen LogP) is 13.8. The molecule has 2 fully saturated rings. The lowest BCUT2D eigenvalue weighted by molar-refractivity contribution is 0.823. The van der Waals surface area contributed by atoms with E-state index in [1.807, 2.05) is 24.8 Å². The van der Waals surface area contributed by atoms with Crippen molar-refractivity contribution in [2.45, 2.75) is 18.3 Å². The summed E-state index contributed by atoms with van der Waals surface area (Å²) in [6.07, 6.45) is 10.6. The van der Waals surface area contributed by atoms with Crippen molar-refractivity contribution >= 4 is 64.9 Å². The minimum absolute atomic E-state index is 0.457. The van der Waals surface area contributed by atoms with Crippen LogP contribution in [0.25, 0.3) is 104 Å². The first-order chi connectivity index (χ1) is 28.2. The van der Waals surface area contributed by atoms with Gasteiger partial charge < -0.3 is 4.57 Å². The second kappa shape index (κ2) is 11.5. The third-order valence-electron chi connectivity index (χ3n) is 13.2. The summed E-state index contributed by atoms with van der Waals surface area (Å²) in [4.78, 5) is 9.49. The zero-order chi connectivity index (χ0) is 37.2.